The number of aliphatic carboxylic acids is 2. The molecule has 0 fully saturated rings. The zero-order chi connectivity index (χ0) is 57.3. The molecule has 0 saturated carbocycles. The Bertz CT molecular complexity index is 1140. The molecular weight excluding hydrogens is 1030 g/mol. The Labute approximate surface area is 504 Å². The third-order valence-electron chi connectivity index (χ3n) is 16.1. The van der Waals surface area contributed by atoms with Crippen LogP contribution in [-0.2, 0) is 48.1 Å². The Kier molecular flexibility index (Phi) is 73.2. The van der Waals surface area contributed by atoms with E-state index in [0.717, 1.165) is 103 Å². The molecule has 464 valence electrons. The molecule has 8 nitrogen and oxygen atoms in total. The van der Waals surface area contributed by atoms with Crippen molar-refractivity contribution >= 4 is 23.9 Å². The van der Waals surface area contributed by atoms with Gasteiger partial charge in [0.2, 0.25) is 0 Å². The van der Waals surface area contributed by atoms with E-state index in [1.807, 2.05) is 0 Å². The molecule has 0 aliphatic rings. The van der Waals surface area contributed by atoms with Crippen molar-refractivity contribution in [1.29, 1.82) is 0 Å². The fourth-order valence-corrected chi connectivity index (χ4v) is 10.9. The molecule has 0 saturated heterocycles. The number of carbonyl (C=O) groups excluding carboxylic acids is 4. The topological polar surface area (TPSA) is 133 Å². The molecule has 79 heavy (non-hydrogen) atoms. The number of unbranched alkanes of at least 4 members (excludes halogenated alkanes) is 46. The maximum atomic E-state index is 12.5. The average Bonchev–Trinajstić information content (AvgIpc) is 3.42. The van der Waals surface area contributed by atoms with Gasteiger partial charge in [0.1, 0.15) is 12.2 Å². The molecule has 0 N–H and O–H groups in total. The maximum absolute atomic E-state index is 12.5. The van der Waals surface area contributed by atoms with E-state index in [-0.39, 0.29) is 56.5 Å². The van der Waals surface area contributed by atoms with Crippen LogP contribution in [-0.4, -0.2) is 36.1 Å². The molecule has 0 aliphatic heterocycles. The van der Waals surface area contributed by atoms with Crippen LogP contribution in [0.2, 0.25) is 0 Å². The molecule has 0 aromatic heterocycles. The van der Waals surface area contributed by atoms with Crippen molar-refractivity contribution in [2.45, 2.75) is 425 Å². The second-order valence-electron chi connectivity index (χ2n) is 24.1. The summed E-state index contributed by atoms with van der Waals surface area (Å²) in [5.74, 6) is -1.95. The molecule has 2 atom stereocenters. The largest absolute Gasteiger partial charge is 2.00 e. The molecule has 0 aromatic rings. The first-order valence-corrected chi connectivity index (χ1v) is 35.0. The summed E-state index contributed by atoms with van der Waals surface area (Å²) >= 11 is 0. The van der Waals surface area contributed by atoms with Gasteiger partial charge >= 0.3 is 31.4 Å². The predicted octanol–water partition coefficient (Wildman–Crippen LogP) is 20.8. The first kappa shape index (κ1) is 81.7. The third-order valence-corrected chi connectivity index (χ3v) is 16.1. The predicted molar refractivity (Wildman–Crippen MR) is 329 cm³/mol. The summed E-state index contributed by atoms with van der Waals surface area (Å²) in [5, 5.41) is 21.2. The Hall–Kier alpha value is -1.50. The minimum absolute atomic E-state index is 0. The number of carbonyl (C=O) groups is 4. The molecule has 9 heteroatoms. The first-order chi connectivity index (χ1) is 38.2. The molecule has 0 spiro atoms. The van der Waals surface area contributed by atoms with E-state index in [9.17, 15) is 29.4 Å². The van der Waals surface area contributed by atoms with Crippen LogP contribution in [0.4, 0.5) is 0 Å². The van der Waals surface area contributed by atoms with E-state index in [2.05, 4.69) is 27.7 Å². The SMILES string of the molecule is CCCCCCCCCCCCCCCCC(=O)OC(CCCCCCCCCC)CCCCCCC(=O)[O-].CCCCCCCCCCCCCCCCC(=O)OC(CCCCCCCCCC)CCCCCCC(=O)[O-].[Zn+2]. The van der Waals surface area contributed by atoms with Crippen molar-refractivity contribution in [2.24, 2.45) is 0 Å². The van der Waals surface area contributed by atoms with Gasteiger partial charge < -0.3 is 29.3 Å². The van der Waals surface area contributed by atoms with E-state index in [1.54, 1.807) is 0 Å². The van der Waals surface area contributed by atoms with Crippen LogP contribution < -0.4 is 10.2 Å². The standard InChI is InChI=1S/2C35H68O4.Zn/c2*1-3-5-7-9-11-13-14-15-16-17-18-20-22-28-32-35(38)39-33(30-26-23-24-27-31-34(36)37)29-25-21-19-12-10-8-6-4-2;/h2*33H,3-32H2,1-2H3,(H,36,37);/q;;+2/p-2. The van der Waals surface area contributed by atoms with Crippen molar-refractivity contribution < 1.29 is 58.3 Å². The van der Waals surface area contributed by atoms with E-state index in [4.69, 9.17) is 9.47 Å². The van der Waals surface area contributed by atoms with Gasteiger partial charge in [0.15, 0.2) is 0 Å². The minimum atomic E-state index is -0.958. The minimum Gasteiger partial charge on any atom is -0.550 e. The summed E-state index contributed by atoms with van der Waals surface area (Å²) in [5.41, 5.74) is 0. The molecule has 0 radical (unpaired) electrons. The maximum Gasteiger partial charge on any atom is 2.00 e. The molecule has 0 rings (SSSR count). The van der Waals surface area contributed by atoms with Crippen molar-refractivity contribution in [3.05, 3.63) is 0 Å². The first-order valence-electron chi connectivity index (χ1n) is 35.0. The van der Waals surface area contributed by atoms with Gasteiger partial charge in [-0.25, -0.2) is 0 Å². The summed E-state index contributed by atoms with van der Waals surface area (Å²) in [7, 11) is 0. The number of esters is 2. The molecule has 0 aliphatic carbocycles. The Morgan fingerprint density at radius 2 is 0.392 bits per heavy atom. The van der Waals surface area contributed by atoms with Gasteiger partial charge in [-0.3, -0.25) is 9.59 Å². The normalized spacial score (nSPS) is 11.9. The molecule has 0 heterocycles. The van der Waals surface area contributed by atoms with E-state index in [0.29, 0.717) is 25.7 Å². The van der Waals surface area contributed by atoms with Crippen LogP contribution in [0.1, 0.15) is 413 Å². The van der Waals surface area contributed by atoms with Gasteiger partial charge in [0.05, 0.1) is 0 Å². The number of rotatable bonds is 64. The van der Waals surface area contributed by atoms with Gasteiger partial charge in [0.25, 0.3) is 0 Å². The zero-order valence-corrected chi connectivity index (χ0v) is 56.5. The summed E-state index contributed by atoms with van der Waals surface area (Å²) in [6.45, 7) is 9.06. The van der Waals surface area contributed by atoms with E-state index >= 15 is 0 Å². The van der Waals surface area contributed by atoms with Gasteiger partial charge in [-0.2, -0.15) is 0 Å². The number of carboxylic acids is 2. The Morgan fingerprint density at radius 3 is 0.570 bits per heavy atom. The van der Waals surface area contributed by atoms with Crippen LogP contribution >= 0.6 is 0 Å². The van der Waals surface area contributed by atoms with Crippen LogP contribution in [0.25, 0.3) is 0 Å². The summed E-state index contributed by atoms with van der Waals surface area (Å²) in [6, 6.07) is 0. The van der Waals surface area contributed by atoms with Gasteiger partial charge in [0, 0.05) is 24.8 Å². The number of hydrogen-bond acceptors (Lipinski definition) is 8. The number of hydrogen-bond donors (Lipinski definition) is 0. The smallest absolute Gasteiger partial charge is 0.550 e. The second-order valence-corrected chi connectivity index (χ2v) is 24.1. The monoisotopic (exact) mass is 1170 g/mol. The van der Waals surface area contributed by atoms with E-state index < -0.39 is 11.9 Å². The molecular formula is C70H134O8Zn. The molecule has 0 aromatic carbocycles. The van der Waals surface area contributed by atoms with E-state index in [1.165, 1.54) is 244 Å². The number of carboxylic acid groups (broad SMARTS) is 2. The second kappa shape index (κ2) is 70.8. The Balaban J connectivity index is -0.00000144. The zero-order valence-electron chi connectivity index (χ0n) is 53.6. The van der Waals surface area contributed by atoms with Crippen LogP contribution in [0.3, 0.4) is 0 Å². The Morgan fingerprint density at radius 1 is 0.241 bits per heavy atom. The van der Waals surface area contributed by atoms with Crippen molar-refractivity contribution in [3.63, 3.8) is 0 Å². The van der Waals surface area contributed by atoms with Crippen molar-refractivity contribution in [2.75, 3.05) is 0 Å². The summed E-state index contributed by atoms with van der Waals surface area (Å²) < 4.78 is 11.9. The van der Waals surface area contributed by atoms with Crippen LogP contribution in [0, 0.1) is 0 Å². The third kappa shape index (κ3) is 72.6. The summed E-state index contributed by atoms with van der Waals surface area (Å²) in [4.78, 5) is 46.2. The van der Waals surface area contributed by atoms with Gasteiger partial charge in [-0.05, 0) is 89.9 Å². The van der Waals surface area contributed by atoms with Gasteiger partial charge in [-0.1, -0.05) is 310 Å². The molecule has 0 bridgehead atoms. The van der Waals surface area contributed by atoms with Gasteiger partial charge in [-0.15, -0.1) is 0 Å². The molecule has 2 unspecified atom stereocenters. The van der Waals surface area contributed by atoms with Crippen LogP contribution in [0.5, 0.6) is 0 Å². The van der Waals surface area contributed by atoms with Crippen molar-refractivity contribution in [3.8, 4) is 0 Å². The molecule has 0 amide bonds. The van der Waals surface area contributed by atoms with Crippen LogP contribution in [0.15, 0.2) is 0 Å². The summed E-state index contributed by atoms with van der Waals surface area (Å²) in [6.07, 6.45) is 70.0. The average molecular weight is 1170 g/mol. The fourth-order valence-electron chi connectivity index (χ4n) is 10.9. The quantitative estimate of drug-likeness (QED) is 0.0334. The fraction of sp³-hybridized carbons (Fsp3) is 0.943. The van der Waals surface area contributed by atoms with Crippen molar-refractivity contribution in [1.82, 2.24) is 0 Å². The number of ether oxygens (including phenoxy) is 2.